The predicted octanol–water partition coefficient (Wildman–Crippen LogP) is 0.951. The maximum Gasteiger partial charge on any atom is 0.245 e. The smallest absolute Gasteiger partial charge is 0.245 e. The van der Waals surface area contributed by atoms with E-state index in [0.717, 1.165) is 11.3 Å². The van der Waals surface area contributed by atoms with E-state index in [1.807, 2.05) is 29.2 Å². The average Bonchev–Trinajstić information content (AvgIpc) is 2.52. The highest BCUT2D eigenvalue weighted by Gasteiger charge is 2.30. The van der Waals surface area contributed by atoms with Crippen molar-refractivity contribution in [2.75, 3.05) is 20.2 Å². The zero-order chi connectivity index (χ0) is 17.7. The third kappa shape index (κ3) is 4.96. The van der Waals surface area contributed by atoms with E-state index < -0.39 is 6.04 Å². The molecule has 0 saturated carbocycles. The van der Waals surface area contributed by atoms with E-state index >= 15 is 0 Å². The molecule has 2 N–H and O–H groups in total. The van der Waals surface area contributed by atoms with E-state index in [4.69, 9.17) is 4.74 Å². The Morgan fingerprint density at radius 2 is 2.00 bits per heavy atom. The first-order valence-corrected chi connectivity index (χ1v) is 8.34. The van der Waals surface area contributed by atoms with Crippen LogP contribution in [0.2, 0.25) is 0 Å². The van der Waals surface area contributed by atoms with E-state index in [2.05, 4.69) is 24.5 Å². The number of carbonyl (C=O) groups is 2. The SMILES string of the molecule is COc1cccc(CC(NC(C)=O)C(=O)N2CC(C)NC(C)C2)c1. The molecule has 0 bridgehead atoms. The molecule has 2 amide bonds. The number of rotatable bonds is 5. The van der Waals surface area contributed by atoms with Gasteiger partial charge in [-0.1, -0.05) is 12.1 Å². The lowest BCUT2D eigenvalue weighted by atomic mass is 10.0. The molecule has 1 heterocycles. The number of amides is 2. The van der Waals surface area contributed by atoms with E-state index in [1.54, 1.807) is 7.11 Å². The Bertz CT molecular complexity index is 581. The number of nitrogens with one attached hydrogen (secondary N) is 2. The third-order valence-electron chi connectivity index (χ3n) is 4.12. The van der Waals surface area contributed by atoms with Crippen LogP contribution in [0.25, 0.3) is 0 Å². The number of hydrogen-bond donors (Lipinski definition) is 2. The number of nitrogens with zero attached hydrogens (tertiary/aromatic N) is 1. The Morgan fingerprint density at radius 3 is 2.58 bits per heavy atom. The summed E-state index contributed by atoms with van der Waals surface area (Å²) >= 11 is 0. The first-order valence-electron chi connectivity index (χ1n) is 8.34. The minimum Gasteiger partial charge on any atom is -0.497 e. The van der Waals surface area contributed by atoms with Crippen molar-refractivity contribution in [2.24, 2.45) is 0 Å². The van der Waals surface area contributed by atoms with Crippen LogP contribution in [0.4, 0.5) is 0 Å². The molecule has 132 valence electrons. The zero-order valence-corrected chi connectivity index (χ0v) is 14.8. The lowest BCUT2D eigenvalue weighted by molar-refractivity contribution is -0.137. The molecule has 2 rings (SSSR count). The fraction of sp³-hybridized carbons (Fsp3) is 0.556. The summed E-state index contributed by atoms with van der Waals surface area (Å²) < 4.78 is 5.23. The van der Waals surface area contributed by atoms with Crippen molar-refractivity contribution in [3.05, 3.63) is 29.8 Å². The van der Waals surface area contributed by atoms with Gasteiger partial charge in [-0.3, -0.25) is 9.59 Å². The summed E-state index contributed by atoms with van der Waals surface area (Å²) in [7, 11) is 1.61. The molecule has 3 unspecified atom stereocenters. The van der Waals surface area contributed by atoms with Gasteiger partial charge < -0.3 is 20.3 Å². The highest BCUT2D eigenvalue weighted by Crippen LogP contribution is 2.15. The van der Waals surface area contributed by atoms with Gasteiger partial charge in [0.25, 0.3) is 0 Å². The summed E-state index contributed by atoms with van der Waals surface area (Å²) in [5.41, 5.74) is 0.956. The molecule has 0 aromatic heterocycles. The molecular weight excluding hydrogens is 306 g/mol. The van der Waals surface area contributed by atoms with Crippen molar-refractivity contribution >= 4 is 11.8 Å². The topological polar surface area (TPSA) is 70.7 Å². The minimum absolute atomic E-state index is 0.0341. The summed E-state index contributed by atoms with van der Waals surface area (Å²) in [6, 6.07) is 7.50. The van der Waals surface area contributed by atoms with E-state index in [0.29, 0.717) is 19.5 Å². The molecular formula is C18H27N3O3. The van der Waals surface area contributed by atoms with Crippen molar-refractivity contribution < 1.29 is 14.3 Å². The molecule has 1 saturated heterocycles. The molecule has 6 nitrogen and oxygen atoms in total. The van der Waals surface area contributed by atoms with Crippen molar-refractivity contribution in [1.29, 1.82) is 0 Å². The number of ether oxygens (including phenoxy) is 1. The molecule has 0 aliphatic carbocycles. The van der Waals surface area contributed by atoms with Crippen LogP contribution in [0.3, 0.4) is 0 Å². The molecule has 1 aliphatic heterocycles. The van der Waals surface area contributed by atoms with Crippen LogP contribution in [0.1, 0.15) is 26.3 Å². The first kappa shape index (κ1) is 18.3. The van der Waals surface area contributed by atoms with E-state index in [-0.39, 0.29) is 23.9 Å². The minimum atomic E-state index is -0.563. The van der Waals surface area contributed by atoms with Gasteiger partial charge in [0.15, 0.2) is 0 Å². The van der Waals surface area contributed by atoms with Crippen LogP contribution in [0.5, 0.6) is 5.75 Å². The van der Waals surface area contributed by atoms with Gasteiger partial charge in [-0.15, -0.1) is 0 Å². The normalized spacial score (nSPS) is 21.9. The van der Waals surface area contributed by atoms with Gasteiger partial charge >= 0.3 is 0 Å². The van der Waals surface area contributed by atoms with Gasteiger partial charge in [0.2, 0.25) is 11.8 Å². The lowest BCUT2D eigenvalue weighted by Crippen LogP contribution is -2.59. The van der Waals surface area contributed by atoms with E-state index in [1.165, 1.54) is 6.92 Å². The maximum absolute atomic E-state index is 12.9. The number of piperazine rings is 1. The largest absolute Gasteiger partial charge is 0.497 e. The second kappa shape index (κ2) is 8.15. The van der Waals surface area contributed by atoms with E-state index in [9.17, 15) is 9.59 Å². The predicted molar refractivity (Wildman–Crippen MR) is 92.9 cm³/mol. The third-order valence-corrected chi connectivity index (χ3v) is 4.12. The Kier molecular flexibility index (Phi) is 6.20. The highest BCUT2D eigenvalue weighted by molar-refractivity contribution is 5.87. The van der Waals surface area contributed by atoms with Crippen LogP contribution < -0.4 is 15.4 Å². The molecule has 0 spiro atoms. The summed E-state index contributed by atoms with van der Waals surface area (Å²) in [6.07, 6.45) is 0.447. The van der Waals surface area contributed by atoms with Crippen LogP contribution in [0.15, 0.2) is 24.3 Å². The molecule has 1 fully saturated rings. The van der Waals surface area contributed by atoms with Gasteiger partial charge in [0.05, 0.1) is 7.11 Å². The lowest BCUT2D eigenvalue weighted by Gasteiger charge is -2.38. The van der Waals surface area contributed by atoms with Gasteiger partial charge in [0.1, 0.15) is 11.8 Å². The fourth-order valence-corrected chi connectivity index (χ4v) is 3.21. The van der Waals surface area contributed by atoms with Gasteiger partial charge in [-0.05, 0) is 31.5 Å². The number of methoxy groups -OCH3 is 1. The molecule has 1 aromatic rings. The van der Waals surface area contributed by atoms with Crippen molar-refractivity contribution in [1.82, 2.24) is 15.5 Å². The standard InChI is InChI=1S/C18H27N3O3/c1-12-10-21(11-13(2)19-12)18(23)17(20-14(3)22)9-15-6-5-7-16(8-15)24-4/h5-8,12-13,17,19H,9-11H2,1-4H3,(H,20,22). The van der Waals surface area contributed by atoms with Crippen molar-refractivity contribution in [3.63, 3.8) is 0 Å². The summed E-state index contributed by atoms with van der Waals surface area (Å²) in [5.74, 6) is 0.506. The van der Waals surface area contributed by atoms with Gasteiger partial charge in [-0.25, -0.2) is 0 Å². The monoisotopic (exact) mass is 333 g/mol. The second-order valence-electron chi connectivity index (χ2n) is 6.52. The Balaban J connectivity index is 2.14. The number of hydrogen-bond acceptors (Lipinski definition) is 4. The quantitative estimate of drug-likeness (QED) is 0.842. The number of benzene rings is 1. The van der Waals surface area contributed by atoms with Crippen LogP contribution in [0, 0.1) is 0 Å². The van der Waals surface area contributed by atoms with Crippen LogP contribution >= 0.6 is 0 Å². The second-order valence-corrected chi connectivity index (χ2v) is 6.52. The van der Waals surface area contributed by atoms with Crippen molar-refractivity contribution in [3.8, 4) is 5.75 Å². The Morgan fingerprint density at radius 1 is 1.33 bits per heavy atom. The summed E-state index contributed by atoms with van der Waals surface area (Å²) in [6.45, 7) is 6.86. The first-order chi connectivity index (χ1) is 11.4. The van der Waals surface area contributed by atoms with Gasteiger partial charge in [0, 0.05) is 38.5 Å². The Labute approximate surface area is 143 Å². The average molecular weight is 333 g/mol. The van der Waals surface area contributed by atoms with Gasteiger partial charge in [-0.2, -0.15) is 0 Å². The highest BCUT2D eigenvalue weighted by atomic mass is 16.5. The zero-order valence-electron chi connectivity index (χ0n) is 14.8. The summed E-state index contributed by atoms with van der Waals surface area (Å²) in [4.78, 5) is 26.3. The van der Waals surface area contributed by atoms with Crippen LogP contribution in [-0.2, 0) is 16.0 Å². The van der Waals surface area contributed by atoms with Crippen LogP contribution in [-0.4, -0.2) is 55.0 Å². The summed E-state index contributed by atoms with van der Waals surface area (Å²) in [5, 5.41) is 6.21. The molecule has 3 atom stereocenters. The molecule has 24 heavy (non-hydrogen) atoms. The number of carbonyl (C=O) groups excluding carboxylic acids is 2. The molecule has 1 aliphatic rings. The molecule has 0 radical (unpaired) electrons. The fourth-order valence-electron chi connectivity index (χ4n) is 3.21. The maximum atomic E-state index is 12.9. The molecule has 1 aromatic carbocycles. The molecule has 6 heteroatoms. The Hall–Kier alpha value is -2.08. The van der Waals surface area contributed by atoms with Crippen molar-refractivity contribution in [2.45, 2.75) is 45.3 Å².